The molecule has 27 heavy (non-hydrogen) atoms. The fraction of sp³-hybridized carbons (Fsp3) is 0.450. The van der Waals surface area contributed by atoms with Gasteiger partial charge in [0.1, 0.15) is 6.04 Å². The van der Waals surface area contributed by atoms with Crippen LogP contribution in [0.5, 0.6) is 0 Å². The summed E-state index contributed by atoms with van der Waals surface area (Å²) in [6.45, 7) is 2.57. The second-order valence-electron chi connectivity index (χ2n) is 6.64. The van der Waals surface area contributed by atoms with Crippen LogP contribution >= 0.6 is 0 Å². The Kier molecular flexibility index (Phi) is 8.00. The van der Waals surface area contributed by atoms with E-state index in [9.17, 15) is 14.4 Å². The first-order valence-electron chi connectivity index (χ1n) is 9.24. The van der Waals surface area contributed by atoms with Crippen molar-refractivity contribution in [2.45, 2.75) is 51.6 Å². The van der Waals surface area contributed by atoms with Crippen LogP contribution < -0.4 is 17.0 Å². The van der Waals surface area contributed by atoms with E-state index < -0.39 is 6.04 Å². The number of aryl methyl sites for hydroxylation is 2. The number of unbranched alkanes of at least 4 members (excludes halogenated alkanes) is 3. The third kappa shape index (κ3) is 6.86. The first kappa shape index (κ1) is 20.6. The minimum Gasteiger partial charge on any atom is -0.465 e. The van der Waals surface area contributed by atoms with Gasteiger partial charge in [0.15, 0.2) is 0 Å². The summed E-state index contributed by atoms with van der Waals surface area (Å²) in [5.74, 6) is -0.380. The zero-order valence-electron chi connectivity index (χ0n) is 15.6. The molecule has 2 aromatic rings. The van der Waals surface area contributed by atoms with Crippen molar-refractivity contribution in [3.05, 3.63) is 68.5 Å². The van der Waals surface area contributed by atoms with Crippen LogP contribution in [0.1, 0.15) is 36.8 Å². The summed E-state index contributed by atoms with van der Waals surface area (Å²) in [6.07, 6.45) is 5.40. The third-order valence-electron chi connectivity index (χ3n) is 4.33. The molecule has 3 N–H and O–H groups in total. The molecule has 0 amide bonds. The summed E-state index contributed by atoms with van der Waals surface area (Å²) in [7, 11) is 0. The summed E-state index contributed by atoms with van der Waals surface area (Å²) < 4.78 is 6.74. The fourth-order valence-corrected chi connectivity index (χ4v) is 2.75. The largest absolute Gasteiger partial charge is 0.465 e. The number of benzene rings is 1. The lowest BCUT2D eigenvalue weighted by Crippen LogP contribution is -2.34. The highest BCUT2D eigenvalue weighted by Crippen LogP contribution is 2.05. The number of rotatable bonds is 10. The van der Waals surface area contributed by atoms with Crippen molar-refractivity contribution in [3.8, 4) is 0 Å². The van der Waals surface area contributed by atoms with E-state index in [1.54, 1.807) is 13.1 Å². The molecule has 7 nitrogen and oxygen atoms in total. The van der Waals surface area contributed by atoms with Gasteiger partial charge in [-0.05, 0) is 38.2 Å². The second kappa shape index (κ2) is 10.5. The van der Waals surface area contributed by atoms with Gasteiger partial charge < -0.3 is 15.0 Å². The highest BCUT2D eigenvalue weighted by molar-refractivity contribution is 5.75. The van der Waals surface area contributed by atoms with E-state index in [0.29, 0.717) is 25.1 Å². The number of H-pyrrole nitrogens is 1. The van der Waals surface area contributed by atoms with E-state index in [1.165, 1.54) is 4.57 Å². The molecule has 0 radical (unpaired) electrons. The van der Waals surface area contributed by atoms with E-state index in [1.807, 2.05) is 30.3 Å². The minimum atomic E-state index is -0.650. The molecule has 0 unspecified atom stereocenters. The van der Waals surface area contributed by atoms with Crippen molar-refractivity contribution in [1.82, 2.24) is 9.55 Å². The summed E-state index contributed by atoms with van der Waals surface area (Å²) in [4.78, 5) is 37.2. The Morgan fingerprint density at radius 1 is 1.15 bits per heavy atom. The molecule has 0 fully saturated rings. The molecule has 1 aromatic heterocycles. The number of ether oxygens (including phenoxy) is 1. The number of aromatic amines is 1. The Labute approximate surface area is 158 Å². The van der Waals surface area contributed by atoms with Gasteiger partial charge in [0.25, 0.3) is 5.56 Å². The van der Waals surface area contributed by atoms with E-state index >= 15 is 0 Å². The molecule has 1 atom stereocenters. The van der Waals surface area contributed by atoms with Crippen molar-refractivity contribution >= 4 is 5.97 Å². The summed E-state index contributed by atoms with van der Waals surface area (Å²) in [6, 6.07) is 8.96. The highest BCUT2D eigenvalue weighted by atomic mass is 16.5. The van der Waals surface area contributed by atoms with Gasteiger partial charge in [-0.1, -0.05) is 36.8 Å². The zero-order chi connectivity index (χ0) is 19.6. The Bertz CT molecular complexity index is 842. The summed E-state index contributed by atoms with van der Waals surface area (Å²) in [5, 5.41) is 0. The van der Waals surface area contributed by atoms with Gasteiger partial charge in [-0.3, -0.25) is 14.6 Å². The fourth-order valence-electron chi connectivity index (χ4n) is 2.75. The van der Waals surface area contributed by atoms with E-state index in [2.05, 4.69) is 4.98 Å². The van der Waals surface area contributed by atoms with E-state index in [4.69, 9.17) is 10.5 Å². The normalized spacial score (nSPS) is 11.9. The standard InChI is InChI=1S/C20H27N3O4/c1-15-14-23(20(26)22-18(15)24)11-7-2-3-8-12-27-19(25)17(21)13-16-9-5-4-6-10-16/h4-6,9-10,14,17H,2-3,7-8,11-13,21H2,1H3,(H,22,24,26)/t17-/m0/s1. The molecule has 0 spiro atoms. The Hall–Kier alpha value is -2.67. The number of esters is 1. The van der Waals surface area contributed by atoms with Crippen LogP contribution in [-0.2, 0) is 22.5 Å². The average Bonchev–Trinajstić information content (AvgIpc) is 2.65. The molecule has 1 aromatic carbocycles. The molecular formula is C20H27N3O4. The molecule has 0 bridgehead atoms. The van der Waals surface area contributed by atoms with E-state index in [0.717, 1.165) is 31.2 Å². The number of carbonyl (C=O) groups excluding carboxylic acids is 1. The van der Waals surface area contributed by atoms with Crippen molar-refractivity contribution in [2.24, 2.45) is 5.73 Å². The maximum absolute atomic E-state index is 11.9. The molecule has 0 aliphatic carbocycles. The molecule has 0 saturated carbocycles. The first-order chi connectivity index (χ1) is 13.0. The van der Waals surface area contributed by atoms with Crippen LogP contribution in [-0.4, -0.2) is 28.2 Å². The molecule has 0 saturated heterocycles. The van der Waals surface area contributed by atoms with Gasteiger partial charge >= 0.3 is 11.7 Å². The number of nitrogens with two attached hydrogens (primary N) is 1. The number of aromatic nitrogens is 2. The highest BCUT2D eigenvalue weighted by Gasteiger charge is 2.15. The van der Waals surface area contributed by atoms with Gasteiger partial charge in [0.05, 0.1) is 6.61 Å². The molecular weight excluding hydrogens is 346 g/mol. The molecule has 0 aliphatic heterocycles. The van der Waals surface area contributed by atoms with Crippen molar-refractivity contribution in [3.63, 3.8) is 0 Å². The van der Waals surface area contributed by atoms with Crippen molar-refractivity contribution < 1.29 is 9.53 Å². The van der Waals surface area contributed by atoms with Crippen LogP contribution in [0.3, 0.4) is 0 Å². The predicted octanol–water partition coefficient (Wildman–Crippen LogP) is 1.52. The maximum atomic E-state index is 11.9. The van der Waals surface area contributed by atoms with Gasteiger partial charge in [-0.25, -0.2) is 4.79 Å². The number of nitrogens with zero attached hydrogens (tertiary/aromatic N) is 1. The minimum absolute atomic E-state index is 0.344. The third-order valence-corrected chi connectivity index (χ3v) is 4.33. The lowest BCUT2D eigenvalue weighted by Gasteiger charge is -2.11. The number of carbonyl (C=O) groups is 1. The topological polar surface area (TPSA) is 107 Å². The molecule has 2 rings (SSSR count). The average molecular weight is 373 g/mol. The van der Waals surface area contributed by atoms with Crippen LogP contribution in [0.15, 0.2) is 46.1 Å². The molecule has 146 valence electrons. The van der Waals surface area contributed by atoms with Crippen molar-refractivity contribution in [2.75, 3.05) is 6.61 Å². The van der Waals surface area contributed by atoms with Crippen LogP contribution in [0.25, 0.3) is 0 Å². The SMILES string of the molecule is Cc1cn(CCCCCCOC(=O)[C@@H](N)Cc2ccccc2)c(=O)[nH]c1=O. The van der Waals surface area contributed by atoms with Gasteiger partial charge in [-0.15, -0.1) is 0 Å². The maximum Gasteiger partial charge on any atom is 0.328 e. The molecule has 7 heteroatoms. The summed E-state index contributed by atoms with van der Waals surface area (Å²) in [5.41, 5.74) is 6.69. The van der Waals surface area contributed by atoms with Gasteiger partial charge in [-0.2, -0.15) is 0 Å². The van der Waals surface area contributed by atoms with Crippen LogP contribution in [0, 0.1) is 6.92 Å². The Balaban J connectivity index is 1.59. The Morgan fingerprint density at radius 3 is 2.59 bits per heavy atom. The van der Waals surface area contributed by atoms with E-state index in [-0.39, 0.29) is 17.2 Å². The number of hydrogen-bond acceptors (Lipinski definition) is 5. The van der Waals surface area contributed by atoms with Crippen LogP contribution in [0.4, 0.5) is 0 Å². The van der Waals surface area contributed by atoms with Crippen molar-refractivity contribution in [1.29, 1.82) is 0 Å². The quantitative estimate of drug-likeness (QED) is 0.485. The van der Waals surface area contributed by atoms with Crippen LogP contribution in [0.2, 0.25) is 0 Å². The van der Waals surface area contributed by atoms with Gasteiger partial charge in [0, 0.05) is 18.3 Å². The smallest absolute Gasteiger partial charge is 0.328 e. The van der Waals surface area contributed by atoms with Gasteiger partial charge in [0.2, 0.25) is 0 Å². The predicted molar refractivity (Wildman–Crippen MR) is 104 cm³/mol. The second-order valence-corrected chi connectivity index (χ2v) is 6.64. The number of hydrogen-bond donors (Lipinski definition) is 2. The number of nitrogens with one attached hydrogen (secondary N) is 1. The summed E-state index contributed by atoms with van der Waals surface area (Å²) >= 11 is 0. The molecule has 1 heterocycles. The molecule has 0 aliphatic rings. The lowest BCUT2D eigenvalue weighted by molar-refractivity contribution is -0.145. The Morgan fingerprint density at radius 2 is 1.85 bits per heavy atom. The monoisotopic (exact) mass is 373 g/mol. The lowest BCUT2D eigenvalue weighted by atomic mass is 10.1. The zero-order valence-corrected chi connectivity index (χ0v) is 15.6. The first-order valence-corrected chi connectivity index (χ1v) is 9.24.